The molecule has 0 fully saturated rings. The molecule has 0 radical (unpaired) electrons. The molecule has 0 aromatic heterocycles. The van der Waals surface area contributed by atoms with Crippen LogP contribution in [-0.2, 0) is 13.7 Å². The van der Waals surface area contributed by atoms with E-state index in [2.05, 4.69) is 19.7 Å². The summed E-state index contributed by atoms with van der Waals surface area (Å²) in [6, 6.07) is 0. The molecule has 10 heteroatoms. The Morgan fingerprint density at radius 1 is 0.688 bits per heavy atom. The van der Waals surface area contributed by atoms with E-state index < -0.39 is 24.1 Å². The van der Waals surface area contributed by atoms with E-state index >= 15 is 0 Å². The smallest absolute Gasteiger partial charge is 0.799 e. The van der Waals surface area contributed by atoms with E-state index in [0.29, 0.717) is 0 Å². The van der Waals surface area contributed by atoms with Gasteiger partial charge in [0.2, 0.25) is 0 Å². The van der Waals surface area contributed by atoms with Gasteiger partial charge in [-0.3, -0.25) is 0 Å². The summed E-state index contributed by atoms with van der Waals surface area (Å²) < 4.78 is 28.0. The summed E-state index contributed by atoms with van der Waals surface area (Å²) >= 11 is 0. The monoisotopic (exact) mass is 300 g/mol. The fourth-order valence-corrected chi connectivity index (χ4v) is 0. The zero-order valence-electron chi connectivity index (χ0n) is 8.38. The second kappa shape index (κ2) is 20.7. The number of hydrogen-bond donors (Lipinski definition) is 0. The maximum absolute atomic E-state index is 9.32. The summed E-state index contributed by atoms with van der Waals surface area (Å²) in [5.74, 6) is 2.72. The molecule has 16 heavy (non-hydrogen) atoms. The van der Waals surface area contributed by atoms with Crippen LogP contribution in [0.15, 0.2) is 37.2 Å². The Kier molecular flexibility index (Phi) is 32.7. The van der Waals surface area contributed by atoms with E-state index in [-0.39, 0.29) is 17.4 Å². The van der Waals surface area contributed by atoms with E-state index in [1.807, 2.05) is 0 Å². The van der Waals surface area contributed by atoms with Gasteiger partial charge in [-0.1, -0.05) is 19.7 Å². The van der Waals surface area contributed by atoms with Crippen molar-refractivity contribution in [1.29, 1.82) is 0 Å². The molecule has 0 bridgehead atoms. The molecule has 3 unspecified atom stereocenters. The molecular weight excluding hydrogens is 288 g/mol. The third-order valence-electron chi connectivity index (χ3n) is 0.500. The van der Waals surface area contributed by atoms with Gasteiger partial charge in [0, 0.05) is 24.1 Å². The molecule has 6 nitrogen and oxygen atoms in total. The SMILES string of the molecule is C=C[PH](=O)[O-].C=C[PH](=O)[O-].C=C[PH](=O)[O-].[Al+3]. The number of hydrogen-bond acceptors (Lipinski definition) is 6. The molecule has 0 spiro atoms. The summed E-state index contributed by atoms with van der Waals surface area (Å²) in [6.45, 7) is 8.94. The van der Waals surface area contributed by atoms with Gasteiger partial charge in [-0.15, -0.1) is 0 Å². The summed E-state index contributed by atoms with van der Waals surface area (Å²) in [5, 5.41) is 0. The first-order valence-electron chi connectivity index (χ1n) is 3.32. The van der Waals surface area contributed by atoms with E-state index in [1.54, 1.807) is 0 Å². The van der Waals surface area contributed by atoms with Gasteiger partial charge in [-0.25, -0.2) is 0 Å². The van der Waals surface area contributed by atoms with Crippen LogP contribution in [-0.4, -0.2) is 17.4 Å². The van der Waals surface area contributed by atoms with E-state index in [0.717, 1.165) is 17.5 Å². The van der Waals surface area contributed by atoms with Crippen molar-refractivity contribution in [3.05, 3.63) is 37.2 Å². The first kappa shape index (κ1) is 25.2. The van der Waals surface area contributed by atoms with Crippen molar-refractivity contribution in [1.82, 2.24) is 0 Å². The van der Waals surface area contributed by atoms with Crippen LogP contribution < -0.4 is 14.7 Å². The standard InChI is InChI=1S/3C2H5O2P.Al/c3*1-2-5(3)4;/h3*2,5H,1H2,(H,3,4);/q;;;+3/p-3. The minimum Gasteiger partial charge on any atom is -0.799 e. The first-order valence-corrected chi connectivity index (χ1v) is 7.50. The Bertz CT molecular complexity index is 224. The van der Waals surface area contributed by atoms with Gasteiger partial charge < -0.3 is 28.4 Å². The molecule has 0 N–H and O–H groups in total. The molecule has 0 saturated carbocycles. The van der Waals surface area contributed by atoms with Gasteiger partial charge >= 0.3 is 17.4 Å². The van der Waals surface area contributed by atoms with E-state index in [1.165, 1.54) is 0 Å². The molecule has 90 valence electrons. The fraction of sp³-hybridized carbons (Fsp3) is 0. The molecule has 0 aliphatic heterocycles. The average molecular weight is 300 g/mol. The van der Waals surface area contributed by atoms with Crippen molar-refractivity contribution in [2.75, 3.05) is 0 Å². The summed E-state index contributed by atoms with van der Waals surface area (Å²) in [6.07, 6.45) is 0. The molecular formula is C6H12AlO6P3. The predicted octanol–water partition coefficient (Wildman–Crippen LogP) is -0.486. The molecule has 0 amide bonds. The fourth-order valence-electron chi connectivity index (χ4n) is 0. The van der Waals surface area contributed by atoms with Crippen molar-refractivity contribution in [2.45, 2.75) is 0 Å². The zero-order chi connectivity index (χ0) is 12.9. The Hall–Kier alpha value is 0.322. The van der Waals surface area contributed by atoms with Gasteiger partial charge in [0.1, 0.15) is 0 Å². The minimum absolute atomic E-state index is 0. The quantitative estimate of drug-likeness (QED) is 0.512. The molecule has 0 aromatic rings. The maximum atomic E-state index is 9.32. The van der Waals surface area contributed by atoms with Crippen LogP contribution in [0.1, 0.15) is 0 Å². The van der Waals surface area contributed by atoms with Gasteiger partial charge in [0.25, 0.3) is 0 Å². The minimum atomic E-state index is -2.61. The molecule has 0 aliphatic rings. The molecule has 0 aliphatic carbocycles. The Labute approximate surface area is 107 Å². The van der Waals surface area contributed by atoms with Crippen molar-refractivity contribution >= 4 is 41.4 Å². The van der Waals surface area contributed by atoms with Crippen molar-refractivity contribution in [3.8, 4) is 0 Å². The zero-order valence-corrected chi connectivity index (χ0v) is 12.5. The molecule has 3 atom stereocenters. The van der Waals surface area contributed by atoms with Gasteiger partial charge in [-0.05, 0) is 17.5 Å². The molecule has 0 saturated heterocycles. The van der Waals surface area contributed by atoms with Crippen LogP contribution in [0.25, 0.3) is 0 Å². The van der Waals surface area contributed by atoms with E-state index in [9.17, 15) is 28.4 Å². The van der Waals surface area contributed by atoms with Gasteiger partial charge in [0.05, 0.1) is 0 Å². The maximum Gasteiger partial charge on any atom is 3.00 e. The first-order chi connectivity index (χ1) is 6.81. The average Bonchev–Trinajstić information content (AvgIpc) is 2.19. The Morgan fingerprint density at radius 3 is 0.750 bits per heavy atom. The van der Waals surface area contributed by atoms with Crippen LogP contribution in [0.3, 0.4) is 0 Å². The number of rotatable bonds is 3. The Balaban J connectivity index is -0.0000000655. The summed E-state index contributed by atoms with van der Waals surface area (Å²) in [4.78, 5) is 28.0. The molecule has 0 rings (SSSR count). The van der Waals surface area contributed by atoms with E-state index in [4.69, 9.17) is 0 Å². The second-order valence-corrected chi connectivity index (χ2v) is 4.71. The van der Waals surface area contributed by atoms with Crippen LogP contribution in [0, 0.1) is 0 Å². The normalized spacial score (nSPS) is 12.9. The van der Waals surface area contributed by atoms with Gasteiger partial charge in [-0.2, -0.15) is 0 Å². The van der Waals surface area contributed by atoms with Crippen LogP contribution in [0.4, 0.5) is 0 Å². The van der Waals surface area contributed by atoms with Gasteiger partial charge in [0.15, 0.2) is 0 Å². The summed E-state index contributed by atoms with van der Waals surface area (Å²) in [5.41, 5.74) is 0. The van der Waals surface area contributed by atoms with Crippen LogP contribution in [0.2, 0.25) is 0 Å². The van der Waals surface area contributed by atoms with Crippen molar-refractivity contribution in [2.24, 2.45) is 0 Å². The van der Waals surface area contributed by atoms with Crippen molar-refractivity contribution in [3.63, 3.8) is 0 Å². The molecule has 0 aromatic carbocycles. The Morgan fingerprint density at radius 2 is 0.750 bits per heavy atom. The van der Waals surface area contributed by atoms with Crippen LogP contribution >= 0.6 is 24.1 Å². The third kappa shape index (κ3) is 63.6. The topological polar surface area (TPSA) is 120 Å². The van der Waals surface area contributed by atoms with Crippen molar-refractivity contribution < 1.29 is 28.4 Å². The van der Waals surface area contributed by atoms with Crippen LogP contribution in [0.5, 0.6) is 0 Å². The summed E-state index contributed by atoms with van der Waals surface area (Å²) in [7, 11) is -7.83. The molecule has 0 heterocycles. The predicted molar refractivity (Wildman–Crippen MR) is 63.3 cm³/mol. The second-order valence-electron chi connectivity index (χ2n) is 1.57. The largest absolute Gasteiger partial charge is 3.00 e. The third-order valence-corrected chi connectivity index (χ3v) is 1.50.